The van der Waals surface area contributed by atoms with Gasteiger partial charge in [-0.2, -0.15) is 0 Å². The van der Waals surface area contributed by atoms with Gasteiger partial charge in [-0.1, -0.05) is 30.7 Å². The molecule has 2 rings (SSSR count). The zero-order valence-electron chi connectivity index (χ0n) is 12.0. The maximum atomic E-state index is 6.00. The Morgan fingerprint density at radius 3 is 2.32 bits per heavy atom. The number of benzene rings is 1. The summed E-state index contributed by atoms with van der Waals surface area (Å²) in [5, 5.41) is 0.786. The average molecular weight is 281 g/mol. The van der Waals surface area contributed by atoms with Crippen LogP contribution in [0.3, 0.4) is 0 Å². The summed E-state index contributed by atoms with van der Waals surface area (Å²) in [4.78, 5) is 2.47. The van der Waals surface area contributed by atoms with E-state index in [4.69, 9.17) is 17.3 Å². The minimum Gasteiger partial charge on any atom is -0.329 e. The summed E-state index contributed by atoms with van der Waals surface area (Å²) in [6, 6.07) is 9.08. The van der Waals surface area contributed by atoms with E-state index in [1.807, 2.05) is 12.1 Å². The second kappa shape index (κ2) is 6.74. The SMILES string of the molecule is CC1CCC(N(C)C(CN)c2ccc(Cl)cc2)CC1. The molecule has 0 radical (unpaired) electrons. The monoisotopic (exact) mass is 280 g/mol. The van der Waals surface area contributed by atoms with E-state index >= 15 is 0 Å². The van der Waals surface area contributed by atoms with Crippen LogP contribution < -0.4 is 5.73 Å². The fraction of sp³-hybridized carbons (Fsp3) is 0.625. The molecule has 0 spiro atoms. The summed E-state index contributed by atoms with van der Waals surface area (Å²) in [5.74, 6) is 0.886. The highest BCUT2D eigenvalue weighted by molar-refractivity contribution is 6.30. The molecule has 1 atom stereocenters. The first-order chi connectivity index (χ1) is 9.11. The minimum atomic E-state index is 0.302. The van der Waals surface area contributed by atoms with Crippen molar-refractivity contribution < 1.29 is 0 Å². The molecule has 1 saturated carbocycles. The van der Waals surface area contributed by atoms with Gasteiger partial charge < -0.3 is 5.73 Å². The van der Waals surface area contributed by atoms with Crippen molar-refractivity contribution in [3.05, 3.63) is 34.9 Å². The van der Waals surface area contributed by atoms with Gasteiger partial charge in [0, 0.05) is 23.7 Å². The molecule has 0 aromatic heterocycles. The van der Waals surface area contributed by atoms with Gasteiger partial charge >= 0.3 is 0 Å². The lowest BCUT2D eigenvalue weighted by atomic mass is 9.86. The fourth-order valence-corrected chi connectivity index (χ4v) is 3.25. The van der Waals surface area contributed by atoms with Crippen LogP contribution in [0.2, 0.25) is 5.02 Å². The number of hydrogen-bond donors (Lipinski definition) is 1. The molecule has 0 heterocycles. The van der Waals surface area contributed by atoms with E-state index in [0.29, 0.717) is 18.6 Å². The largest absolute Gasteiger partial charge is 0.329 e. The molecule has 1 fully saturated rings. The van der Waals surface area contributed by atoms with Gasteiger partial charge in [0.05, 0.1) is 0 Å². The zero-order valence-corrected chi connectivity index (χ0v) is 12.7. The first-order valence-corrected chi connectivity index (χ1v) is 7.67. The number of nitrogens with zero attached hydrogens (tertiary/aromatic N) is 1. The molecule has 2 nitrogen and oxygen atoms in total. The van der Waals surface area contributed by atoms with Crippen molar-refractivity contribution in [3.63, 3.8) is 0 Å². The lowest BCUT2D eigenvalue weighted by Gasteiger charge is -2.38. The lowest BCUT2D eigenvalue weighted by molar-refractivity contribution is 0.126. The molecule has 2 N–H and O–H groups in total. The van der Waals surface area contributed by atoms with Crippen LogP contribution in [0.5, 0.6) is 0 Å². The van der Waals surface area contributed by atoms with Gasteiger partial charge in [-0.05, 0) is 56.3 Å². The van der Waals surface area contributed by atoms with E-state index in [2.05, 4.69) is 31.0 Å². The predicted octanol–water partition coefficient (Wildman–Crippen LogP) is 3.85. The molecule has 0 saturated heterocycles. The molecule has 1 aliphatic carbocycles. The van der Waals surface area contributed by atoms with E-state index in [1.165, 1.54) is 31.2 Å². The number of nitrogens with two attached hydrogens (primary N) is 1. The standard InChI is InChI=1S/C16H25ClN2/c1-12-3-9-15(10-4-12)19(2)16(11-18)13-5-7-14(17)8-6-13/h5-8,12,15-16H,3-4,9-11,18H2,1-2H3. The van der Waals surface area contributed by atoms with Crippen LogP contribution in [-0.4, -0.2) is 24.5 Å². The van der Waals surface area contributed by atoms with Crippen molar-refractivity contribution in [2.75, 3.05) is 13.6 Å². The average Bonchev–Trinajstić information content (AvgIpc) is 2.42. The van der Waals surface area contributed by atoms with E-state index in [-0.39, 0.29) is 0 Å². The minimum absolute atomic E-state index is 0.302. The summed E-state index contributed by atoms with van der Waals surface area (Å²) in [5.41, 5.74) is 7.27. The summed E-state index contributed by atoms with van der Waals surface area (Å²) in [6.45, 7) is 3.01. The van der Waals surface area contributed by atoms with Gasteiger partial charge in [0.2, 0.25) is 0 Å². The summed E-state index contributed by atoms with van der Waals surface area (Å²) in [7, 11) is 2.22. The Morgan fingerprint density at radius 1 is 1.21 bits per heavy atom. The Morgan fingerprint density at radius 2 is 1.79 bits per heavy atom. The van der Waals surface area contributed by atoms with Gasteiger partial charge in [-0.25, -0.2) is 0 Å². The van der Waals surface area contributed by atoms with E-state index < -0.39 is 0 Å². The molecule has 19 heavy (non-hydrogen) atoms. The molecular formula is C16H25ClN2. The van der Waals surface area contributed by atoms with Crippen LogP contribution in [0, 0.1) is 5.92 Å². The van der Waals surface area contributed by atoms with Gasteiger partial charge in [0.25, 0.3) is 0 Å². The molecule has 0 aliphatic heterocycles. The topological polar surface area (TPSA) is 29.3 Å². The fourth-order valence-electron chi connectivity index (χ4n) is 3.13. The Bertz CT molecular complexity index is 382. The molecule has 1 aliphatic rings. The van der Waals surface area contributed by atoms with Gasteiger partial charge in [-0.3, -0.25) is 4.90 Å². The van der Waals surface area contributed by atoms with Gasteiger partial charge in [0.1, 0.15) is 0 Å². The quantitative estimate of drug-likeness (QED) is 0.908. The molecule has 0 bridgehead atoms. The Kier molecular flexibility index (Phi) is 5.26. The summed E-state index contributed by atoms with van der Waals surface area (Å²) in [6.07, 6.45) is 5.27. The lowest BCUT2D eigenvalue weighted by Crippen LogP contribution is -2.40. The highest BCUT2D eigenvalue weighted by Gasteiger charge is 2.26. The van der Waals surface area contributed by atoms with E-state index in [0.717, 1.165) is 10.9 Å². The van der Waals surface area contributed by atoms with Crippen molar-refractivity contribution in [2.24, 2.45) is 11.7 Å². The van der Waals surface area contributed by atoms with Crippen molar-refractivity contribution in [2.45, 2.75) is 44.7 Å². The number of halogens is 1. The third-order valence-electron chi connectivity index (χ3n) is 4.53. The molecule has 3 heteroatoms. The molecule has 1 unspecified atom stereocenters. The highest BCUT2D eigenvalue weighted by atomic mass is 35.5. The van der Waals surface area contributed by atoms with Crippen LogP contribution in [0.1, 0.15) is 44.2 Å². The summed E-state index contributed by atoms with van der Waals surface area (Å²) >= 11 is 5.96. The predicted molar refractivity (Wildman–Crippen MR) is 82.4 cm³/mol. The first kappa shape index (κ1) is 14.8. The van der Waals surface area contributed by atoms with Gasteiger partial charge in [-0.15, -0.1) is 0 Å². The van der Waals surface area contributed by atoms with Crippen LogP contribution in [0.25, 0.3) is 0 Å². The molecule has 1 aromatic rings. The van der Waals surface area contributed by atoms with Crippen molar-refractivity contribution in [3.8, 4) is 0 Å². The first-order valence-electron chi connectivity index (χ1n) is 7.29. The molecular weight excluding hydrogens is 256 g/mol. The molecule has 106 valence electrons. The maximum Gasteiger partial charge on any atom is 0.0470 e. The highest BCUT2D eigenvalue weighted by Crippen LogP contribution is 2.31. The number of rotatable bonds is 4. The van der Waals surface area contributed by atoms with Crippen LogP contribution in [0.15, 0.2) is 24.3 Å². The van der Waals surface area contributed by atoms with E-state index in [1.54, 1.807) is 0 Å². The van der Waals surface area contributed by atoms with Crippen molar-refractivity contribution in [1.82, 2.24) is 4.90 Å². The Hall–Kier alpha value is -0.570. The van der Waals surface area contributed by atoms with Crippen LogP contribution >= 0.6 is 11.6 Å². The smallest absolute Gasteiger partial charge is 0.0470 e. The van der Waals surface area contributed by atoms with Crippen molar-refractivity contribution >= 4 is 11.6 Å². The Balaban J connectivity index is 2.06. The van der Waals surface area contributed by atoms with Crippen LogP contribution in [-0.2, 0) is 0 Å². The normalized spacial score (nSPS) is 25.5. The summed E-state index contributed by atoms with van der Waals surface area (Å²) < 4.78 is 0. The third kappa shape index (κ3) is 3.71. The van der Waals surface area contributed by atoms with Crippen molar-refractivity contribution in [1.29, 1.82) is 0 Å². The third-order valence-corrected chi connectivity index (χ3v) is 4.78. The zero-order chi connectivity index (χ0) is 13.8. The molecule has 0 amide bonds. The van der Waals surface area contributed by atoms with Crippen LogP contribution in [0.4, 0.5) is 0 Å². The second-order valence-corrected chi connectivity index (χ2v) is 6.32. The maximum absolute atomic E-state index is 6.00. The number of likely N-dealkylation sites (N-methyl/N-ethyl adjacent to an activating group) is 1. The second-order valence-electron chi connectivity index (χ2n) is 5.88. The molecule has 1 aromatic carbocycles. The van der Waals surface area contributed by atoms with E-state index in [9.17, 15) is 0 Å². The Labute approximate surface area is 121 Å². The number of hydrogen-bond acceptors (Lipinski definition) is 2. The van der Waals surface area contributed by atoms with Gasteiger partial charge in [0.15, 0.2) is 0 Å².